The number of nitrogens with zero attached hydrogens (tertiary/aromatic N) is 2. The number of fused-ring (bicyclic) bond motifs is 1. The van der Waals surface area contributed by atoms with Crippen LogP contribution in [0, 0.1) is 0 Å². The van der Waals surface area contributed by atoms with E-state index in [2.05, 4.69) is 49.2 Å². The SMILES string of the molecule is CC(C)c1ccnc(-c2cc(-c3ccccc3)c3nc(-c4ccccc4)oc3c2)c1. The van der Waals surface area contributed by atoms with Crippen molar-refractivity contribution in [3.8, 4) is 33.8 Å². The highest BCUT2D eigenvalue weighted by molar-refractivity contribution is 5.95. The molecule has 0 atom stereocenters. The Morgan fingerprint density at radius 2 is 1.43 bits per heavy atom. The van der Waals surface area contributed by atoms with Crippen LogP contribution in [-0.4, -0.2) is 9.97 Å². The fraction of sp³-hybridized carbons (Fsp3) is 0.111. The topological polar surface area (TPSA) is 38.9 Å². The first-order valence-electron chi connectivity index (χ1n) is 10.2. The lowest BCUT2D eigenvalue weighted by atomic mass is 9.98. The average Bonchev–Trinajstić information content (AvgIpc) is 3.24. The van der Waals surface area contributed by atoms with Crippen LogP contribution in [0.5, 0.6) is 0 Å². The van der Waals surface area contributed by atoms with E-state index in [0.29, 0.717) is 11.8 Å². The zero-order chi connectivity index (χ0) is 20.5. The zero-order valence-corrected chi connectivity index (χ0v) is 17.0. The van der Waals surface area contributed by atoms with Gasteiger partial charge in [0.05, 0.1) is 5.69 Å². The van der Waals surface area contributed by atoms with Gasteiger partial charge in [-0.1, -0.05) is 62.4 Å². The van der Waals surface area contributed by atoms with Crippen molar-refractivity contribution in [3.05, 3.63) is 96.7 Å². The second-order valence-corrected chi connectivity index (χ2v) is 7.75. The van der Waals surface area contributed by atoms with Crippen LogP contribution in [0.3, 0.4) is 0 Å². The van der Waals surface area contributed by atoms with E-state index in [1.54, 1.807) is 0 Å². The van der Waals surface area contributed by atoms with E-state index in [1.165, 1.54) is 5.56 Å². The number of rotatable bonds is 4. The van der Waals surface area contributed by atoms with Crippen molar-refractivity contribution in [2.75, 3.05) is 0 Å². The third-order valence-electron chi connectivity index (χ3n) is 5.35. The Hall–Kier alpha value is -3.72. The van der Waals surface area contributed by atoms with Gasteiger partial charge in [-0.15, -0.1) is 0 Å². The Balaban J connectivity index is 1.74. The smallest absolute Gasteiger partial charge is 0.227 e. The molecule has 0 spiro atoms. The van der Waals surface area contributed by atoms with Gasteiger partial charge in [-0.05, 0) is 53.4 Å². The molecule has 0 bridgehead atoms. The third kappa shape index (κ3) is 3.39. The van der Waals surface area contributed by atoms with Crippen LogP contribution in [0.1, 0.15) is 25.3 Å². The first-order chi connectivity index (χ1) is 14.7. The summed E-state index contributed by atoms with van der Waals surface area (Å²) in [5.74, 6) is 1.07. The Morgan fingerprint density at radius 3 is 2.13 bits per heavy atom. The lowest BCUT2D eigenvalue weighted by Crippen LogP contribution is -1.91. The van der Waals surface area contributed by atoms with Crippen molar-refractivity contribution in [1.29, 1.82) is 0 Å². The van der Waals surface area contributed by atoms with E-state index in [4.69, 9.17) is 9.40 Å². The Labute approximate surface area is 176 Å². The van der Waals surface area contributed by atoms with Gasteiger partial charge in [0.2, 0.25) is 5.89 Å². The van der Waals surface area contributed by atoms with Gasteiger partial charge in [-0.2, -0.15) is 0 Å². The van der Waals surface area contributed by atoms with Gasteiger partial charge in [0.25, 0.3) is 0 Å². The van der Waals surface area contributed by atoms with E-state index >= 15 is 0 Å². The van der Waals surface area contributed by atoms with Crippen molar-refractivity contribution in [1.82, 2.24) is 9.97 Å². The Bertz CT molecular complexity index is 1310. The molecule has 5 aromatic rings. The molecular weight excluding hydrogens is 368 g/mol. The lowest BCUT2D eigenvalue weighted by Gasteiger charge is -2.09. The van der Waals surface area contributed by atoms with E-state index in [9.17, 15) is 0 Å². The van der Waals surface area contributed by atoms with Crippen LogP contribution < -0.4 is 0 Å². The summed E-state index contributed by atoms with van der Waals surface area (Å²) >= 11 is 0. The number of oxazole rings is 1. The van der Waals surface area contributed by atoms with Crippen molar-refractivity contribution in [2.24, 2.45) is 0 Å². The predicted molar refractivity (Wildman–Crippen MR) is 122 cm³/mol. The van der Waals surface area contributed by atoms with Gasteiger partial charge >= 0.3 is 0 Å². The summed E-state index contributed by atoms with van der Waals surface area (Å²) in [5, 5.41) is 0. The lowest BCUT2D eigenvalue weighted by molar-refractivity contribution is 0.620. The maximum atomic E-state index is 6.22. The number of hydrogen-bond donors (Lipinski definition) is 0. The molecule has 0 aliphatic carbocycles. The van der Waals surface area contributed by atoms with Gasteiger partial charge in [0, 0.05) is 22.9 Å². The molecule has 0 amide bonds. The van der Waals surface area contributed by atoms with Gasteiger partial charge < -0.3 is 4.42 Å². The maximum Gasteiger partial charge on any atom is 0.227 e. The molecule has 30 heavy (non-hydrogen) atoms. The standard InChI is InChI=1S/C27H22N2O/c1-18(2)21-13-14-28-24(16-21)22-15-23(19-9-5-3-6-10-19)26-25(17-22)30-27(29-26)20-11-7-4-8-12-20/h3-18H,1-2H3. The normalized spacial score (nSPS) is 11.3. The van der Waals surface area contributed by atoms with Crippen LogP contribution >= 0.6 is 0 Å². The van der Waals surface area contributed by atoms with Crippen LogP contribution in [0.15, 0.2) is 95.5 Å². The van der Waals surface area contributed by atoms with Crippen molar-refractivity contribution in [3.63, 3.8) is 0 Å². The van der Waals surface area contributed by atoms with E-state index < -0.39 is 0 Å². The first-order valence-corrected chi connectivity index (χ1v) is 10.2. The molecule has 0 radical (unpaired) electrons. The molecule has 0 aliphatic heterocycles. The summed E-state index contributed by atoms with van der Waals surface area (Å²) in [5.41, 5.74) is 7.99. The predicted octanol–water partition coefficient (Wildman–Crippen LogP) is 7.35. The fourth-order valence-electron chi connectivity index (χ4n) is 3.68. The summed E-state index contributed by atoms with van der Waals surface area (Å²) in [7, 11) is 0. The molecule has 0 aliphatic rings. The largest absolute Gasteiger partial charge is 0.436 e. The number of hydrogen-bond acceptors (Lipinski definition) is 3. The van der Waals surface area contributed by atoms with Crippen LogP contribution in [0.4, 0.5) is 0 Å². The number of aromatic nitrogens is 2. The van der Waals surface area contributed by atoms with Gasteiger partial charge in [0.15, 0.2) is 5.58 Å². The zero-order valence-electron chi connectivity index (χ0n) is 17.0. The quantitative estimate of drug-likeness (QED) is 0.322. The third-order valence-corrected chi connectivity index (χ3v) is 5.35. The molecule has 2 heterocycles. The Kier molecular flexibility index (Phi) is 4.64. The van der Waals surface area contributed by atoms with Gasteiger partial charge in [-0.3, -0.25) is 4.98 Å². The van der Waals surface area contributed by atoms with Crippen LogP contribution in [0.2, 0.25) is 0 Å². The van der Waals surface area contributed by atoms with Gasteiger partial charge in [-0.25, -0.2) is 4.98 Å². The van der Waals surface area contributed by atoms with Crippen LogP contribution in [0.25, 0.3) is 44.9 Å². The van der Waals surface area contributed by atoms with Crippen molar-refractivity contribution < 1.29 is 4.42 Å². The summed E-state index contributed by atoms with van der Waals surface area (Å²) in [4.78, 5) is 9.49. The average molecular weight is 390 g/mol. The van der Waals surface area contributed by atoms with Gasteiger partial charge in [0.1, 0.15) is 5.52 Å². The highest BCUT2D eigenvalue weighted by atomic mass is 16.3. The summed E-state index contributed by atoms with van der Waals surface area (Å²) in [6, 6.07) is 28.8. The van der Waals surface area contributed by atoms with Crippen molar-refractivity contribution >= 4 is 11.1 Å². The molecule has 3 heteroatoms. The van der Waals surface area contributed by atoms with E-state index in [0.717, 1.165) is 39.0 Å². The first kappa shape index (κ1) is 18.3. The minimum Gasteiger partial charge on any atom is -0.436 e. The molecule has 3 nitrogen and oxygen atoms in total. The highest BCUT2D eigenvalue weighted by Crippen LogP contribution is 2.36. The molecule has 5 rings (SSSR count). The second kappa shape index (κ2) is 7.60. The van der Waals surface area contributed by atoms with E-state index in [-0.39, 0.29) is 0 Å². The molecule has 0 saturated carbocycles. The summed E-state index contributed by atoms with van der Waals surface area (Å²) in [6.45, 7) is 4.39. The van der Waals surface area contributed by atoms with E-state index in [1.807, 2.05) is 60.8 Å². The minimum absolute atomic E-state index is 0.444. The van der Waals surface area contributed by atoms with Crippen molar-refractivity contribution in [2.45, 2.75) is 19.8 Å². The highest BCUT2D eigenvalue weighted by Gasteiger charge is 2.16. The van der Waals surface area contributed by atoms with Crippen LogP contribution in [-0.2, 0) is 0 Å². The molecule has 3 aromatic carbocycles. The summed E-state index contributed by atoms with van der Waals surface area (Å²) < 4.78 is 6.22. The molecule has 146 valence electrons. The number of pyridine rings is 1. The monoisotopic (exact) mass is 390 g/mol. The molecule has 0 saturated heterocycles. The summed E-state index contributed by atoms with van der Waals surface area (Å²) in [6.07, 6.45) is 1.88. The second-order valence-electron chi connectivity index (χ2n) is 7.75. The molecule has 0 fully saturated rings. The molecule has 2 aromatic heterocycles. The Morgan fingerprint density at radius 1 is 0.733 bits per heavy atom. The molecule has 0 unspecified atom stereocenters. The molecule has 0 N–H and O–H groups in total. The number of benzene rings is 3. The fourth-order valence-corrected chi connectivity index (χ4v) is 3.68. The molecular formula is C27H22N2O. The maximum absolute atomic E-state index is 6.22. The minimum atomic E-state index is 0.444.